The van der Waals surface area contributed by atoms with Crippen molar-refractivity contribution < 1.29 is 32.2 Å². The van der Waals surface area contributed by atoms with Crippen LogP contribution >= 0.6 is 0 Å². The Kier molecular flexibility index (Phi) is 6.09. The van der Waals surface area contributed by atoms with Crippen molar-refractivity contribution in [1.29, 1.82) is 0 Å². The highest BCUT2D eigenvalue weighted by Gasteiger charge is 2.26. The molecule has 4 nitrogen and oxygen atoms in total. The molecule has 1 aromatic carbocycles. The zero-order chi connectivity index (χ0) is 16.9. The minimum Gasteiger partial charge on any atom is -0.506 e. The van der Waals surface area contributed by atoms with E-state index in [0.29, 0.717) is 0 Å². The Morgan fingerprint density at radius 3 is 2.41 bits per heavy atom. The Hall–Kier alpha value is -2.38. The van der Waals surface area contributed by atoms with Crippen molar-refractivity contribution >= 4 is 17.9 Å². The summed E-state index contributed by atoms with van der Waals surface area (Å²) in [6.45, 7) is 3.22. The number of hydrogen-bond acceptors (Lipinski definition) is 4. The van der Waals surface area contributed by atoms with E-state index in [9.17, 15) is 27.5 Å². The first kappa shape index (κ1) is 17.7. The molecule has 8 heteroatoms. The first-order valence-electron chi connectivity index (χ1n) is 6.28. The van der Waals surface area contributed by atoms with Crippen molar-refractivity contribution in [2.45, 2.75) is 13.8 Å². The van der Waals surface area contributed by atoms with E-state index in [2.05, 4.69) is 9.73 Å². The third-order valence-corrected chi connectivity index (χ3v) is 2.50. The van der Waals surface area contributed by atoms with Gasteiger partial charge in [0.25, 0.3) is 0 Å². The fourth-order valence-corrected chi connectivity index (χ4v) is 1.52. The number of ether oxygens (including phenoxy) is 1. The van der Waals surface area contributed by atoms with Crippen molar-refractivity contribution in [1.82, 2.24) is 0 Å². The second-order valence-corrected chi connectivity index (χ2v) is 3.95. The lowest BCUT2D eigenvalue weighted by atomic mass is 10.1. The van der Waals surface area contributed by atoms with Crippen molar-refractivity contribution in [3.8, 4) is 0 Å². The molecular weight excluding hydrogens is 306 g/mol. The first-order chi connectivity index (χ1) is 10.3. The van der Waals surface area contributed by atoms with Crippen LogP contribution in [-0.4, -0.2) is 30.4 Å². The highest BCUT2D eigenvalue weighted by Crippen LogP contribution is 2.26. The predicted molar refractivity (Wildman–Crippen MR) is 71.5 cm³/mol. The van der Waals surface area contributed by atoms with Gasteiger partial charge in [-0.15, -0.1) is 0 Å². The number of carbonyl (C=O) groups excluding carboxylic acids is 1. The van der Waals surface area contributed by atoms with Crippen LogP contribution in [0.4, 0.5) is 17.6 Å². The SMILES string of the molecule is CCN=C/C(C(=O)OCC)=C(/O)c1c(F)cc(F)c(F)c1F. The van der Waals surface area contributed by atoms with Crippen LogP contribution in [0.5, 0.6) is 0 Å². The average molecular weight is 319 g/mol. The molecule has 22 heavy (non-hydrogen) atoms. The molecule has 0 unspecified atom stereocenters. The number of carbonyl (C=O) groups is 1. The highest BCUT2D eigenvalue weighted by molar-refractivity contribution is 6.15. The van der Waals surface area contributed by atoms with Crippen LogP contribution in [0.25, 0.3) is 5.76 Å². The number of rotatable bonds is 5. The summed E-state index contributed by atoms with van der Waals surface area (Å²) in [4.78, 5) is 15.4. The van der Waals surface area contributed by atoms with E-state index in [0.717, 1.165) is 6.21 Å². The fraction of sp³-hybridized carbons (Fsp3) is 0.286. The number of aliphatic imine (C=N–C) groups is 1. The largest absolute Gasteiger partial charge is 0.506 e. The predicted octanol–water partition coefficient (Wildman–Crippen LogP) is 3.17. The molecule has 0 amide bonds. The Morgan fingerprint density at radius 2 is 1.86 bits per heavy atom. The number of nitrogens with zero attached hydrogens (tertiary/aromatic N) is 1. The summed E-state index contributed by atoms with van der Waals surface area (Å²) in [6, 6.07) is 0.0592. The minimum atomic E-state index is -1.97. The van der Waals surface area contributed by atoms with Gasteiger partial charge in [-0.3, -0.25) is 4.99 Å². The van der Waals surface area contributed by atoms with Gasteiger partial charge < -0.3 is 9.84 Å². The summed E-state index contributed by atoms with van der Waals surface area (Å²) in [6.07, 6.45) is 0.841. The molecule has 120 valence electrons. The molecule has 0 bridgehead atoms. The van der Waals surface area contributed by atoms with Crippen molar-refractivity contribution in [3.05, 3.63) is 40.5 Å². The van der Waals surface area contributed by atoms with Gasteiger partial charge in [0.05, 0.1) is 12.2 Å². The monoisotopic (exact) mass is 319 g/mol. The highest BCUT2D eigenvalue weighted by atomic mass is 19.2. The van der Waals surface area contributed by atoms with E-state index in [4.69, 9.17) is 0 Å². The molecule has 0 aliphatic carbocycles. The Morgan fingerprint density at radius 1 is 1.23 bits per heavy atom. The van der Waals surface area contributed by atoms with Crippen molar-refractivity contribution in [2.75, 3.05) is 13.2 Å². The Labute approximate surface area is 123 Å². The summed E-state index contributed by atoms with van der Waals surface area (Å²) in [7, 11) is 0. The quantitative estimate of drug-likeness (QED) is 0.172. The summed E-state index contributed by atoms with van der Waals surface area (Å²) in [5.74, 6) is -9.60. The second-order valence-electron chi connectivity index (χ2n) is 3.95. The maximum atomic E-state index is 13.7. The summed E-state index contributed by atoms with van der Waals surface area (Å²) >= 11 is 0. The van der Waals surface area contributed by atoms with E-state index in [1.165, 1.54) is 6.92 Å². The Balaban J connectivity index is 3.57. The zero-order valence-corrected chi connectivity index (χ0v) is 11.8. The van der Waals surface area contributed by atoms with Crippen molar-refractivity contribution in [2.24, 2.45) is 4.99 Å². The molecule has 1 rings (SSSR count). The molecule has 0 spiro atoms. The third-order valence-electron chi connectivity index (χ3n) is 2.50. The van der Waals surface area contributed by atoms with Gasteiger partial charge in [0.2, 0.25) is 0 Å². The van der Waals surface area contributed by atoms with Crippen LogP contribution in [0.2, 0.25) is 0 Å². The molecule has 0 fully saturated rings. The molecule has 0 atom stereocenters. The van der Waals surface area contributed by atoms with Crippen LogP contribution in [0.3, 0.4) is 0 Å². The minimum absolute atomic E-state index is 0.0592. The molecule has 1 aromatic rings. The van der Waals surface area contributed by atoms with Gasteiger partial charge in [0.15, 0.2) is 17.5 Å². The van der Waals surface area contributed by atoms with Crippen LogP contribution in [0.15, 0.2) is 16.6 Å². The van der Waals surface area contributed by atoms with Gasteiger partial charge in [-0.25, -0.2) is 22.4 Å². The molecule has 0 saturated heterocycles. The van der Waals surface area contributed by atoms with Gasteiger partial charge in [0.1, 0.15) is 17.1 Å². The number of esters is 1. The van der Waals surface area contributed by atoms with Crippen molar-refractivity contribution in [3.63, 3.8) is 0 Å². The van der Waals surface area contributed by atoms with Crippen LogP contribution in [0.1, 0.15) is 19.4 Å². The molecule has 0 aromatic heterocycles. The van der Waals surface area contributed by atoms with Gasteiger partial charge >= 0.3 is 5.97 Å². The van der Waals surface area contributed by atoms with E-state index < -0.39 is 46.1 Å². The lowest BCUT2D eigenvalue weighted by Crippen LogP contribution is -2.13. The molecule has 0 aliphatic rings. The van der Waals surface area contributed by atoms with E-state index >= 15 is 0 Å². The van der Waals surface area contributed by atoms with Crippen LogP contribution in [0, 0.1) is 23.3 Å². The number of hydrogen-bond donors (Lipinski definition) is 1. The Bertz CT molecular complexity index is 641. The molecule has 1 N–H and O–H groups in total. The third kappa shape index (κ3) is 3.63. The zero-order valence-electron chi connectivity index (χ0n) is 11.8. The maximum Gasteiger partial charge on any atom is 0.343 e. The normalized spacial score (nSPS) is 12.5. The van der Waals surface area contributed by atoms with Crippen LogP contribution < -0.4 is 0 Å². The van der Waals surface area contributed by atoms with Crippen LogP contribution in [-0.2, 0) is 9.53 Å². The molecule has 0 heterocycles. The second kappa shape index (κ2) is 7.58. The summed E-state index contributed by atoms with van der Waals surface area (Å²) < 4.78 is 58.0. The van der Waals surface area contributed by atoms with Gasteiger partial charge in [0, 0.05) is 18.8 Å². The van der Waals surface area contributed by atoms with Gasteiger partial charge in [-0.1, -0.05) is 0 Å². The standard InChI is InChI=1S/C14H13F4NO3/c1-3-19-6-7(14(21)22-4-2)13(20)10-8(15)5-9(16)11(17)12(10)18/h5-6,20H,3-4H2,1-2H3/b13-7-,19-6?. The van der Waals surface area contributed by atoms with E-state index in [1.807, 2.05) is 0 Å². The topological polar surface area (TPSA) is 58.9 Å². The summed E-state index contributed by atoms with van der Waals surface area (Å²) in [5, 5.41) is 9.90. The molecular formula is C14H13F4NO3. The number of aliphatic hydroxyl groups excluding tert-OH is 1. The molecule has 0 saturated carbocycles. The molecule has 0 radical (unpaired) electrons. The average Bonchev–Trinajstić information content (AvgIpc) is 2.45. The smallest absolute Gasteiger partial charge is 0.343 e. The van der Waals surface area contributed by atoms with E-state index in [1.54, 1.807) is 6.92 Å². The number of benzene rings is 1. The fourth-order valence-electron chi connectivity index (χ4n) is 1.52. The maximum absolute atomic E-state index is 13.7. The summed E-state index contributed by atoms with van der Waals surface area (Å²) in [5.41, 5.74) is -1.95. The van der Waals surface area contributed by atoms with Gasteiger partial charge in [-0.2, -0.15) is 0 Å². The number of aliphatic hydroxyl groups is 1. The first-order valence-corrected chi connectivity index (χ1v) is 6.28. The lowest BCUT2D eigenvalue weighted by Gasteiger charge is -2.09. The molecule has 0 aliphatic heterocycles. The van der Waals surface area contributed by atoms with E-state index in [-0.39, 0.29) is 19.2 Å². The number of halogens is 4. The van der Waals surface area contributed by atoms with Gasteiger partial charge in [-0.05, 0) is 13.8 Å². The lowest BCUT2D eigenvalue weighted by molar-refractivity contribution is -0.137.